The van der Waals surface area contributed by atoms with Gasteiger partial charge in [0.1, 0.15) is 0 Å². The molecule has 0 aromatic carbocycles. The third-order valence-electron chi connectivity index (χ3n) is 3.27. The molecule has 3 nitrogen and oxygen atoms in total. The van der Waals surface area contributed by atoms with Crippen LogP contribution in [0.2, 0.25) is 0 Å². The molecule has 1 amide bonds. The number of carbonyl (C=O) groups excluding carboxylic acids is 1. The maximum absolute atomic E-state index is 11.7. The third-order valence-corrected chi connectivity index (χ3v) is 3.27. The average Bonchev–Trinajstić information content (AvgIpc) is 2.16. The van der Waals surface area contributed by atoms with Gasteiger partial charge in [0.15, 0.2) is 0 Å². The zero-order valence-electron chi connectivity index (χ0n) is 11.4. The fourth-order valence-corrected chi connectivity index (χ4v) is 2.01. The Kier molecular flexibility index (Phi) is 7.39. The van der Waals surface area contributed by atoms with Crippen molar-refractivity contribution in [3.05, 3.63) is 0 Å². The summed E-state index contributed by atoms with van der Waals surface area (Å²) in [5.74, 6) is 1.92. The van der Waals surface area contributed by atoms with Crippen LogP contribution in [0.15, 0.2) is 0 Å². The Balaban J connectivity index is 4.06. The van der Waals surface area contributed by atoms with Gasteiger partial charge in [-0.1, -0.05) is 34.6 Å². The van der Waals surface area contributed by atoms with Crippen LogP contribution in [-0.4, -0.2) is 19.0 Å². The summed E-state index contributed by atoms with van der Waals surface area (Å²) in [7, 11) is 0. The Bertz CT molecular complexity index is 194. The van der Waals surface area contributed by atoms with Crippen LogP contribution in [0.25, 0.3) is 0 Å². The van der Waals surface area contributed by atoms with Crippen molar-refractivity contribution in [2.45, 2.75) is 41.0 Å². The predicted octanol–water partition coefficient (Wildman–Crippen LogP) is 2.02. The highest BCUT2D eigenvalue weighted by Crippen LogP contribution is 2.19. The second-order valence-electron chi connectivity index (χ2n) is 5.38. The Labute approximate surface area is 100 Å². The Morgan fingerprint density at radius 2 is 1.62 bits per heavy atom. The SMILES string of the molecule is CC(CCN)C(=O)NCC(C(C)C)C(C)C. The lowest BCUT2D eigenvalue weighted by atomic mass is 9.85. The molecule has 0 fully saturated rings. The Morgan fingerprint density at radius 1 is 1.12 bits per heavy atom. The summed E-state index contributed by atoms with van der Waals surface area (Å²) in [5, 5.41) is 3.04. The fourth-order valence-electron chi connectivity index (χ4n) is 2.01. The molecule has 0 aromatic heterocycles. The summed E-state index contributed by atoms with van der Waals surface area (Å²) in [6.45, 7) is 12.1. The number of hydrogen-bond acceptors (Lipinski definition) is 2. The van der Waals surface area contributed by atoms with Crippen LogP contribution in [0.3, 0.4) is 0 Å². The quantitative estimate of drug-likeness (QED) is 0.700. The van der Waals surface area contributed by atoms with E-state index in [1.165, 1.54) is 0 Å². The van der Waals surface area contributed by atoms with E-state index in [1.807, 2.05) is 6.92 Å². The van der Waals surface area contributed by atoms with Crippen molar-refractivity contribution in [3.63, 3.8) is 0 Å². The van der Waals surface area contributed by atoms with Gasteiger partial charge in [0.25, 0.3) is 0 Å². The third kappa shape index (κ3) is 5.50. The van der Waals surface area contributed by atoms with Gasteiger partial charge in [-0.15, -0.1) is 0 Å². The lowest BCUT2D eigenvalue weighted by Crippen LogP contribution is -2.37. The zero-order valence-corrected chi connectivity index (χ0v) is 11.4. The highest BCUT2D eigenvalue weighted by Gasteiger charge is 2.19. The molecular formula is C13H28N2O. The second kappa shape index (κ2) is 7.66. The van der Waals surface area contributed by atoms with E-state index >= 15 is 0 Å². The van der Waals surface area contributed by atoms with Gasteiger partial charge in [0.05, 0.1) is 0 Å². The maximum atomic E-state index is 11.7. The molecule has 0 heterocycles. The monoisotopic (exact) mass is 228 g/mol. The average molecular weight is 228 g/mol. The fraction of sp³-hybridized carbons (Fsp3) is 0.923. The van der Waals surface area contributed by atoms with Gasteiger partial charge in [-0.2, -0.15) is 0 Å². The smallest absolute Gasteiger partial charge is 0.222 e. The van der Waals surface area contributed by atoms with Gasteiger partial charge in [0.2, 0.25) is 5.91 Å². The Hall–Kier alpha value is -0.570. The van der Waals surface area contributed by atoms with Crippen LogP contribution in [0.4, 0.5) is 0 Å². The number of amides is 1. The van der Waals surface area contributed by atoms with Crippen LogP contribution in [0.5, 0.6) is 0 Å². The normalized spacial score (nSPS) is 13.6. The van der Waals surface area contributed by atoms with E-state index < -0.39 is 0 Å². The minimum absolute atomic E-state index is 0.0324. The molecule has 1 unspecified atom stereocenters. The van der Waals surface area contributed by atoms with E-state index in [1.54, 1.807) is 0 Å². The predicted molar refractivity (Wildman–Crippen MR) is 69.0 cm³/mol. The van der Waals surface area contributed by atoms with E-state index in [4.69, 9.17) is 5.73 Å². The summed E-state index contributed by atoms with van der Waals surface area (Å²) in [4.78, 5) is 11.7. The molecule has 0 rings (SSSR count). The summed E-state index contributed by atoms with van der Waals surface area (Å²) in [5.41, 5.74) is 5.44. The largest absolute Gasteiger partial charge is 0.356 e. The summed E-state index contributed by atoms with van der Waals surface area (Å²) in [6.07, 6.45) is 0.764. The van der Waals surface area contributed by atoms with Gasteiger partial charge in [-0.25, -0.2) is 0 Å². The first-order valence-electron chi connectivity index (χ1n) is 6.37. The summed E-state index contributed by atoms with van der Waals surface area (Å²) < 4.78 is 0. The summed E-state index contributed by atoms with van der Waals surface area (Å²) in [6, 6.07) is 0. The molecule has 0 aliphatic carbocycles. The van der Waals surface area contributed by atoms with Gasteiger partial charge >= 0.3 is 0 Å². The molecule has 0 aliphatic rings. The van der Waals surface area contributed by atoms with Gasteiger partial charge < -0.3 is 11.1 Å². The lowest BCUT2D eigenvalue weighted by molar-refractivity contribution is -0.124. The molecular weight excluding hydrogens is 200 g/mol. The molecule has 96 valence electrons. The molecule has 3 heteroatoms. The number of rotatable bonds is 7. The van der Waals surface area contributed by atoms with E-state index in [2.05, 4.69) is 33.0 Å². The van der Waals surface area contributed by atoms with Crippen molar-refractivity contribution in [2.75, 3.05) is 13.1 Å². The maximum Gasteiger partial charge on any atom is 0.222 e. The second-order valence-corrected chi connectivity index (χ2v) is 5.38. The van der Waals surface area contributed by atoms with E-state index in [0.717, 1.165) is 13.0 Å². The topological polar surface area (TPSA) is 55.1 Å². The van der Waals surface area contributed by atoms with Crippen molar-refractivity contribution in [3.8, 4) is 0 Å². The van der Waals surface area contributed by atoms with Gasteiger partial charge in [0, 0.05) is 12.5 Å². The Morgan fingerprint density at radius 3 is 2.00 bits per heavy atom. The van der Waals surface area contributed by atoms with Crippen LogP contribution in [0, 0.1) is 23.7 Å². The first kappa shape index (κ1) is 15.4. The van der Waals surface area contributed by atoms with Gasteiger partial charge in [-0.3, -0.25) is 4.79 Å². The summed E-state index contributed by atoms with van der Waals surface area (Å²) >= 11 is 0. The first-order chi connectivity index (χ1) is 7.40. The van der Waals surface area contributed by atoms with Crippen molar-refractivity contribution in [1.29, 1.82) is 0 Å². The lowest BCUT2D eigenvalue weighted by Gasteiger charge is -2.25. The van der Waals surface area contributed by atoms with Crippen LogP contribution >= 0.6 is 0 Å². The molecule has 16 heavy (non-hydrogen) atoms. The molecule has 1 atom stereocenters. The van der Waals surface area contributed by atoms with Crippen LogP contribution in [0.1, 0.15) is 41.0 Å². The number of nitrogens with one attached hydrogen (secondary N) is 1. The molecule has 0 aliphatic heterocycles. The van der Waals surface area contributed by atoms with Crippen LogP contribution in [-0.2, 0) is 4.79 Å². The minimum atomic E-state index is 0.0324. The molecule has 0 aromatic rings. The molecule has 0 radical (unpaired) electrons. The number of carbonyl (C=O) groups is 1. The van der Waals surface area contributed by atoms with Crippen molar-refractivity contribution < 1.29 is 4.79 Å². The van der Waals surface area contributed by atoms with Crippen molar-refractivity contribution in [1.82, 2.24) is 5.32 Å². The zero-order chi connectivity index (χ0) is 12.7. The highest BCUT2D eigenvalue weighted by molar-refractivity contribution is 5.78. The van der Waals surface area contributed by atoms with E-state index in [0.29, 0.717) is 24.3 Å². The number of nitrogens with two attached hydrogens (primary N) is 1. The molecule has 0 saturated carbocycles. The highest BCUT2D eigenvalue weighted by atomic mass is 16.1. The standard InChI is InChI=1S/C13H28N2O/c1-9(2)12(10(3)4)8-15-13(16)11(5)6-7-14/h9-12H,6-8,14H2,1-5H3,(H,15,16). The van der Waals surface area contributed by atoms with Crippen molar-refractivity contribution >= 4 is 5.91 Å². The molecule has 0 spiro atoms. The van der Waals surface area contributed by atoms with Crippen molar-refractivity contribution in [2.24, 2.45) is 29.4 Å². The van der Waals surface area contributed by atoms with Gasteiger partial charge in [-0.05, 0) is 30.7 Å². The minimum Gasteiger partial charge on any atom is -0.356 e. The molecule has 3 N–H and O–H groups in total. The van der Waals surface area contributed by atoms with Crippen LogP contribution < -0.4 is 11.1 Å². The molecule has 0 saturated heterocycles. The number of hydrogen-bond donors (Lipinski definition) is 2. The first-order valence-corrected chi connectivity index (χ1v) is 6.37. The van der Waals surface area contributed by atoms with E-state index in [9.17, 15) is 4.79 Å². The van der Waals surface area contributed by atoms with E-state index in [-0.39, 0.29) is 11.8 Å². The molecule has 0 bridgehead atoms.